The van der Waals surface area contributed by atoms with Crippen molar-refractivity contribution in [3.63, 3.8) is 0 Å². The Hall–Kier alpha value is -2.09. The Kier molecular flexibility index (Phi) is 2.22. The van der Waals surface area contributed by atoms with Crippen LogP contribution < -0.4 is 0 Å². The second-order valence-corrected chi connectivity index (χ2v) is 4.06. The molecule has 2 heteroatoms. The minimum atomic E-state index is 0.120. The monoisotopic (exact) mass is 224 g/mol. The lowest BCUT2D eigenvalue weighted by Crippen LogP contribution is -1.96. The van der Waals surface area contributed by atoms with E-state index in [1.807, 2.05) is 49.4 Å². The molecule has 0 radical (unpaired) electrons. The number of Topliss-reactive ketones (excluding diaryl/α,β-unsaturated/α-hetero) is 1. The number of benzene rings is 2. The summed E-state index contributed by atoms with van der Waals surface area (Å²) < 4.78 is 5.79. The van der Waals surface area contributed by atoms with Crippen molar-refractivity contribution in [1.82, 2.24) is 0 Å². The van der Waals surface area contributed by atoms with Crippen LogP contribution in [0, 0.1) is 0 Å². The molecule has 0 saturated heterocycles. The van der Waals surface area contributed by atoms with E-state index in [2.05, 4.69) is 0 Å². The van der Waals surface area contributed by atoms with E-state index < -0.39 is 0 Å². The lowest BCUT2D eigenvalue weighted by molar-refractivity contribution is 0.0989. The van der Waals surface area contributed by atoms with Crippen LogP contribution >= 0.6 is 0 Å². The number of ketones is 1. The first-order valence-electron chi connectivity index (χ1n) is 5.74. The summed E-state index contributed by atoms with van der Waals surface area (Å²) >= 11 is 0. The third kappa shape index (κ3) is 1.45. The van der Waals surface area contributed by atoms with Crippen LogP contribution in [-0.2, 0) is 0 Å². The molecule has 1 heterocycles. The van der Waals surface area contributed by atoms with Gasteiger partial charge in [0.25, 0.3) is 0 Å². The summed E-state index contributed by atoms with van der Waals surface area (Å²) in [6.45, 7) is 1.86. The standard InChI is InChI=1S/C15H12O2/c1-2-13(16)12-8-5-7-11-10-6-3-4-9-14(10)17-15(11)12/h3-9H,2H2,1H3. The minimum absolute atomic E-state index is 0.120. The smallest absolute Gasteiger partial charge is 0.166 e. The second-order valence-electron chi connectivity index (χ2n) is 4.06. The Balaban J connectivity index is 2.43. The highest BCUT2D eigenvalue weighted by molar-refractivity contribution is 6.13. The summed E-state index contributed by atoms with van der Waals surface area (Å²) in [4.78, 5) is 11.8. The van der Waals surface area contributed by atoms with E-state index in [9.17, 15) is 4.79 Å². The van der Waals surface area contributed by atoms with Gasteiger partial charge in [-0.25, -0.2) is 0 Å². The van der Waals surface area contributed by atoms with Gasteiger partial charge in [0, 0.05) is 17.2 Å². The largest absolute Gasteiger partial charge is 0.455 e. The van der Waals surface area contributed by atoms with Gasteiger partial charge in [-0.2, -0.15) is 0 Å². The van der Waals surface area contributed by atoms with Gasteiger partial charge in [-0.1, -0.05) is 37.3 Å². The molecule has 0 atom stereocenters. The molecule has 2 nitrogen and oxygen atoms in total. The van der Waals surface area contributed by atoms with Gasteiger partial charge in [-0.3, -0.25) is 4.79 Å². The fourth-order valence-electron chi connectivity index (χ4n) is 2.16. The van der Waals surface area contributed by atoms with E-state index in [4.69, 9.17) is 4.42 Å². The fraction of sp³-hybridized carbons (Fsp3) is 0.133. The molecule has 0 aliphatic heterocycles. The van der Waals surface area contributed by atoms with Gasteiger partial charge in [0.2, 0.25) is 0 Å². The van der Waals surface area contributed by atoms with Crippen LogP contribution in [0.15, 0.2) is 46.9 Å². The molecule has 0 unspecified atom stereocenters. The van der Waals surface area contributed by atoms with Gasteiger partial charge < -0.3 is 4.42 Å². The van der Waals surface area contributed by atoms with Crippen molar-refractivity contribution in [2.24, 2.45) is 0 Å². The average Bonchev–Trinajstić information content (AvgIpc) is 2.76. The predicted octanol–water partition coefficient (Wildman–Crippen LogP) is 4.18. The van der Waals surface area contributed by atoms with Gasteiger partial charge in [0.1, 0.15) is 11.2 Å². The molecule has 0 saturated carbocycles. The van der Waals surface area contributed by atoms with Gasteiger partial charge in [0.05, 0.1) is 5.56 Å². The molecular weight excluding hydrogens is 212 g/mol. The van der Waals surface area contributed by atoms with E-state index in [0.29, 0.717) is 17.6 Å². The Morgan fingerprint density at radius 1 is 1.06 bits per heavy atom. The third-order valence-electron chi connectivity index (χ3n) is 3.03. The predicted molar refractivity (Wildman–Crippen MR) is 68.3 cm³/mol. The Bertz CT molecular complexity index is 707. The molecule has 0 spiro atoms. The topological polar surface area (TPSA) is 30.2 Å². The van der Waals surface area contributed by atoms with E-state index >= 15 is 0 Å². The van der Waals surface area contributed by atoms with Crippen LogP contribution in [0.2, 0.25) is 0 Å². The average molecular weight is 224 g/mol. The van der Waals surface area contributed by atoms with Crippen LogP contribution in [0.25, 0.3) is 21.9 Å². The van der Waals surface area contributed by atoms with Crippen molar-refractivity contribution in [3.05, 3.63) is 48.0 Å². The minimum Gasteiger partial charge on any atom is -0.455 e. The summed E-state index contributed by atoms with van der Waals surface area (Å²) in [6.07, 6.45) is 0.496. The molecule has 17 heavy (non-hydrogen) atoms. The number of furan rings is 1. The Morgan fingerprint density at radius 3 is 2.65 bits per heavy atom. The zero-order valence-corrected chi connectivity index (χ0v) is 9.57. The van der Waals surface area contributed by atoms with Gasteiger partial charge >= 0.3 is 0 Å². The summed E-state index contributed by atoms with van der Waals surface area (Å²) in [7, 11) is 0. The number of carbonyl (C=O) groups excluding carboxylic acids is 1. The summed E-state index contributed by atoms with van der Waals surface area (Å²) in [5, 5.41) is 2.08. The molecule has 0 bridgehead atoms. The maximum Gasteiger partial charge on any atom is 0.166 e. The maximum absolute atomic E-state index is 11.8. The molecule has 0 fully saturated rings. The first kappa shape index (κ1) is 10.1. The Morgan fingerprint density at radius 2 is 1.82 bits per heavy atom. The highest BCUT2D eigenvalue weighted by Gasteiger charge is 2.13. The zero-order chi connectivity index (χ0) is 11.8. The highest BCUT2D eigenvalue weighted by Crippen LogP contribution is 2.30. The van der Waals surface area contributed by atoms with Crippen molar-refractivity contribution in [2.75, 3.05) is 0 Å². The van der Waals surface area contributed by atoms with Crippen molar-refractivity contribution in [2.45, 2.75) is 13.3 Å². The Labute approximate surface area is 98.8 Å². The molecule has 0 aliphatic rings. The van der Waals surface area contributed by atoms with Crippen molar-refractivity contribution >= 4 is 27.7 Å². The molecular formula is C15H12O2. The van der Waals surface area contributed by atoms with Crippen LogP contribution in [0.3, 0.4) is 0 Å². The van der Waals surface area contributed by atoms with Gasteiger partial charge in [-0.05, 0) is 12.1 Å². The number of carbonyl (C=O) groups is 1. The maximum atomic E-state index is 11.8. The van der Waals surface area contributed by atoms with Crippen LogP contribution in [0.4, 0.5) is 0 Å². The van der Waals surface area contributed by atoms with Crippen molar-refractivity contribution < 1.29 is 9.21 Å². The van der Waals surface area contributed by atoms with Gasteiger partial charge in [0.15, 0.2) is 5.78 Å². The van der Waals surface area contributed by atoms with E-state index in [1.54, 1.807) is 0 Å². The van der Waals surface area contributed by atoms with Crippen LogP contribution in [0.1, 0.15) is 23.7 Å². The van der Waals surface area contributed by atoms with Crippen LogP contribution in [0.5, 0.6) is 0 Å². The van der Waals surface area contributed by atoms with Crippen molar-refractivity contribution in [1.29, 1.82) is 0 Å². The molecule has 3 aromatic rings. The number of hydrogen-bond acceptors (Lipinski definition) is 2. The van der Waals surface area contributed by atoms with Crippen LogP contribution in [-0.4, -0.2) is 5.78 Å². The third-order valence-corrected chi connectivity index (χ3v) is 3.03. The summed E-state index contributed by atoms with van der Waals surface area (Å²) in [5.41, 5.74) is 2.22. The number of hydrogen-bond donors (Lipinski definition) is 0. The number of rotatable bonds is 2. The van der Waals surface area contributed by atoms with Crippen molar-refractivity contribution in [3.8, 4) is 0 Å². The zero-order valence-electron chi connectivity index (χ0n) is 9.57. The normalized spacial score (nSPS) is 11.1. The lowest BCUT2D eigenvalue weighted by Gasteiger charge is -1.97. The molecule has 3 rings (SSSR count). The second kappa shape index (κ2) is 3.74. The fourth-order valence-corrected chi connectivity index (χ4v) is 2.16. The molecule has 84 valence electrons. The highest BCUT2D eigenvalue weighted by atomic mass is 16.3. The van der Waals surface area contributed by atoms with E-state index in [-0.39, 0.29) is 5.78 Å². The molecule has 1 aromatic heterocycles. The first-order valence-corrected chi connectivity index (χ1v) is 5.74. The quantitative estimate of drug-likeness (QED) is 0.611. The number of para-hydroxylation sites is 2. The van der Waals surface area contributed by atoms with E-state index in [1.165, 1.54) is 0 Å². The lowest BCUT2D eigenvalue weighted by atomic mass is 10.0. The van der Waals surface area contributed by atoms with Gasteiger partial charge in [-0.15, -0.1) is 0 Å². The molecule has 0 aliphatic carbocycles. The molecule has 0 amide bonds. The van der Waals surface area contributed by atoms with E-state index in [0.717, 1.165) is 16.4 Å². The molecule has 0 N–H and O–H groups in total. The number of fused-ring (bicyclic) bond motifs is 3. The summed E-state index contributed by atoms with van der Waals surface area (Å²) in [6, 6.07) is 13.6. The molecule has 2 aromatic carbocycles. The summed E-state index contributed by atoms with van der Waals surface area (Å²) in [5.74, 6) is 0.120. The first-order chi connectivity index (χ1) is 8.31. The SMILES string of the molecule is CCC(=O)c1cccc2c1oc1ccccc12.